The molecule has 0 radical (unpaired) electrons. The first-order chi connectivity index (χ1) is 11.7. The van der Waals surface area contributed by atoms with E-state index in [2.05, 4.69) is 0 Å². The number of carbonyl (C=O) groups is 4. The van der Waals surface area contributed by atoms with Gasteiger partial charge in [-0.05, 0) is 34.0 Å². The van der Waals surface area contributed by atoms with Crippen LogP contribution >= 0.6 is 0 Å². The molecule has 1 aliphatic rings. The molecular weight excluding hydrogens is 332 g/mol. The largest absolute Gasteiger partial charge is 0.481 e. The predicted molar refractivity (Wildman–Crippen MR) is 83.9 cm³/mol. The van der Waals surface area contributed by atoms with Crippen LogP contribution in [0.4, 0.5) is 0 Å². The first kappa shape index (κ1) is 16.2. The molecule has 2 aromatic rings. The lowest BCUT2D eigenvalue weighted by molar-refractivity contribution is -0.141. The minimum absolute atomic E-state index is 0.0480. The molecule has 3 rings (SSSR count). The molecule has 0 heterocycles. The fourth-order valence-electron chi connectivity index (χ4n) is 3.16. The van der Waals surface area contributed by atoms with Gasteiger partial charge in [-0.3, -0.25) is 4.79 Å². The Kier molecular flexibility index (Phi) is 3.53. The van der Waals surface area contributed by atoms with Gasteiger partial charge in [-0.25, -0.2) is 14.4 Å². The van der Waals surface area contributed by atoms with Crippen LogP contribution in [0.15, 0.2) is 29.8 Å². The highest BCUT2D eigenvalue weighted by atomic mass is 16.4. The van der Waals surface area contributed by atoms with E-state index in [4.69, 9.17) is 0 Å². The zero-order chi connectivity index (χ0) is 18.5. The van der Waals surface area contributed by atoms with Crippen molar-refractivity contribution in [1.29, 1.82) is 0 Å². The molecule has 0 aromatic heterocycles. The normalized spacial score (nSPS) is 15.5. The van der Waals surface area contributed by atoms with Gasteiger partial charge in [0.2, 0.25) is 0 Å². The summed E-state index contributed by atoms with van der Waals surface area (Å²) < 4.78 is 0. The highest BCUT2D eigenvalue weighted by Gasteiger charge is 2.36. The van der Waals surface area contributed by atoms with Crippen molar-refractivity contribution in [2.45, 2.75) is 5.92 Å². The number of rotatable bonds is 4. The predicted octanol–water partition coefficient (Wildman–Crippen LogP) is 1.89. The van der Waals surface area contributed by atoms with Crippen LogP contribution in [0.1, 0.15) is 37.8 Å². The van der Waals surface area contributed by atoms with E-state index in [-0.39, 0.29) is 16.3 Å². The summed E-state index contributed by atoms with van der Waals surface area (Å²) in [5.74, 6) is -7.54. The fraction of sp³-hybridized carbons (Fsp3) is 0.0588. The number of aliphatic carboxylic acids is 2. The molecule has 1 aliphatic carbocycles. The molecule has 25 heavy (non-hydrogen) atoms. The van der Waals surface area contributed by atoms with Crippen LogP contribution in [0.2, 0.25) is 0 Å². The van der Waals surface area contributed by atoms with E-state index < -0.39 is 46.5 Å². The van der Waals surface area contributed by atoms with Crippen molar-refractivity contribution in [2.75, 3.05) is 0 Å². The summed E-state index contributed by atoms with van der Waals surface area (Å²) in [6.45, 7) is 0. The first-order valence-electron chi connectivity index (χ1n) is 6.98. The molecule has 0 saturated carbocycles. The lowest BCUT2D eigenvalue weighted by Gasteiger charge is -2.24. The van der Waals surface area contributed by atoms with Crippen molar-refractivity contribution in [3.8, 4) is 0 Å². The zero-order valence-corrected chi connectivity index (χ0v) is 12.4. The monoisotopic (exact) mass is 342 g/mol. The number of benzene rings is 2. The van der Waals surface area contributed by atoms with E-state index in [1.165, 1.54) is 24.3 Å². The van der Waals surface area contributed by atoms with Crippen LogP contribution in [-0.4, -0.2) is 44.3 Å². The maximum Gasteiger partial charge on any atom is 0.337 e. The molecule has 0 fully saturated rings. The molecule has 0 spiro atoms. The number of aromatic carboxylic acids is 2. The Morgan fingerprint density at radius 2 is 1.56 bits per heavy atom. The molecule has 1 atom stereocenters. The van der Waals surface area contributed by atoms with Gasteiger partial charge in [0, 0.05) is 0 Å². The molecule has 0 amide bonds. The van der Waals surface area contributed by atoms with E-state index in [0.29, 0.717) is 5.56 Å². The summed E-state index contributed by atoms with van der Waals surface area (Å²) in [6.07, 6.45) is 1.17. The second-order valence-corrected chi connectivity index (χ2v) is 5.44. The van der Waals surface area contributed by atoms with E-state index in [1.807, 2.05) is 0 Å². The van der Waals surface area contributed by atoms with Crippen LogP contribution in [0.3, 0.4) is 0 Å². The molecule has 1 unspecified atom stereocenters. The number of hydrogen-bond donors (Lipinski definition) is 4. The van der Waals surface area contributed by atoms with Crippen LogP contribution in [-0.2, 0) is 9.59 Å². The van der Waals surface area contributed by atoms with E-state index in [1.54, 1.807) is 0 Å². The Hall–Kier alpha value is -3.68. The zero-order valence-electron chi connectivity index (χ0n) is 12.4. The summed E-state index contributed by atoms with van der Waals surface area (Å²) in [6, 6.07) is 5.28. The van der Waals surface area contributed by atoms with Gasteiger partial charge in [0.15, 0.2) is 0 Å². The minimum atomic E-state index is -1.60. The Balaban J connectivity index is 2.55. The highest BCUT2D eigenvalue weighted by molar-refractivity contribution is 6.17. The SMILES string of the molecule is O=C(O)C1=Cc2cccc3c(C(=O)O)c(C(=O)O)cc(c23)C1C(=O)O. The topological polar surface area (TPSA) is 149 Å². The first-order valence-corrected chi connectivity index (χ1v) is 6.98. The quantitative estimate of drug-likeness (QED) is 0.658. The molecule has 2 aromatic carbocycles. The third-order valence-corrected chi connectivity index (χ3v) is 4.10. The lowest BCUT2D eigenvalue weighted by atomic mass is 9.78. The molecule has 0 aliphatic heterocycles. The lowest BCUT2D eigenvalue weighted by Crippen LogP contribution is -2.23. The molecule has 0 bridgehead atoms. The Bertz CT molecular complexity index is 1010. The molecular formula is C17H10O8. The van der Waals surface area contributed by atoms with Crippen LogP contribution in [0, 0.1) is 0 Å². The van der Waals surface area contributed by atoms with Crippen molar-refractivity contribution in [3.63, 3.8) is 0 Å². The summed E-state index contributed by atoms with van der Waals surface area (Å²) in [5.41, 5.74) is -1.22. The van der Waals surface area contributed by atoms with Crippen LogP contribution in [0.5, 0.6) is 0 Å². The van der Waals surface area contributed by atoms with Crippen LogP contribution < -0.4 is 0 Å². The van der Waals surface area contributed by atoms with Gasteiger partial charge >= 0.3 is 23.9 Å². The van der Waals surface area contributed by atoms with Gasteiger partial charge in [0.1, 0.15) is 5.92 Å². The van der Waals surface area contributed by atoms with Crippen molar-refractivity contribution >= 4 is 40.7 Å². The average molecular weight is 342 g/mol. The second-order valence-electron chi connectivity index (χ2n) is 5.44. The maximum absolute atomic E-state index is 11.7. The van der Waals surface area contributed by atoms with Gasteiger partial charge in [-0.1, -0.05) is 18.2 Å². The summed E-state index contributed by atoms with van der Waals surface area (Å²) >= 11 is 0. The van der Waals surface area contributed by atoms with Crippen molar-refractivity contribution in [1.82, 2.24) is 0 Å². The van der Waals surface area contributed by atoms with Gasteiger partial charge in [-0.15, -0.1) is 0 Å². The number of hydrogen-bond acceptors (Lipinski definition) is 4. The Labute approximate surface area is 139 Å². The Morgan fingerprint density at radius 1 is 0.880 bits per heavy atom. The van der Waals surface area contributed by atoms with Crippen molar-refractivity contribution < 1.29 is 39.6 Å². The van der Waals surface area contributed by atoms with E-state index in [9.17, 15) is 39.6 Å². The fourth-order valence-corrected chi connectivity index (χ4v) is 3.16. The molecule has 126 valence electrons. The van der Waals surface area contributed by atoms with E-state index in [0.717, 1.165) is 6.07 Å². The van der Waals surface area contributed by atoms with Gasteiger partial charge < -0.3 is 20.4 Å². The Morgan fingerprint density at radius 3 is 2.08 bits per heavy atom. The summed E-state index contributed by atoms with van der Waals surface area (Å²) in [7, 11) is 0. The summed E-state index contributed by atoms with van der Waals surface area (Å²) in [4.78, 5) is 46.2. The van der Waals surface area contributed by atoms with Crippen LogP contribution in [0.25, 0.3) is 16.8 Å². The molecule has 4 N–H and O–H groups in total. The molecule has 0 saturated heterocycles. The standard InChI is InChI=1S/C17H10O8/c18-14(19)9-4-6-2-1-3-7-11(6)8(13(9)17(24)25)5-10(15(20)21)12(7)16(22)23/h1-5,13H,(H,18,19)(H,20,21)(H,22,23)(H,24,25). The van der Waals surface area contributed by atoms with Crippen molar-refractivity contribution in [3.05, 3.63) is 52.1 Å². The number of carboxylic acids is 4. The maximum atomic E-state index is 11.7. The highest BCUT2D eigenvalue weighted by Crippen LogP contribution is 2.41. The van der Waals surface area contributed by atoms with Crippen molar-refractivity contribution in [2.24, 2.45) is 0 Å². The third kappa shape index (κ3) is 2.31. The van der Waals surface area contributed by atoms with E-state index >= 15 is 0 Å². The smallest absolute Gasteiger partial charge is 0.337 e. The average Bonchev–Trinajstić information content (AvgIpc) is 2.53. The minimum Gasteiger partial charge on any atom is -0.481 e. The van der Waals surface area contributed by atoms with Gasteiger partial charge in [0.25, 0.3) is 0 Å². The molecule has 8 heteroatoms. The molecule has 8 nitrogen and oxygen atoms in total. The van der Waals surface area contributed by atoms with Gasteiger partial charge in [0.05, 0.1) is 16.7 Å². The summed E-state index contributed by atoms with van der Waals surface area (Å²) in [5, 5.41) is 37.8. The van der Waals surface area contributed by atoms with Gasteiger partial charge in [-0.2, -0.15) is 0 Å². The number of carboxylic acid groups (broad SMARTS) is 4. The second kappa shape index (κ2) is 5.45. The third-order valence-electron chi connectivity index (χ3n) is 4.10.